The topological polar surface area (TPSA) is 63.4 Å². The average Bonchev–Trinajstić information content (AvgIpc) is 2.72. The van der Waals surface area contributed by atoms with Crippen molar-refractivity contribution in [2.24, 2.45) is 11.7 Å². The van der Waals surface area contributed by atoms with E-state index in [1.54, 1.807) is 4.90 Å². The zero-order chi connectivity index (χ0) is 13.3. The molecule has 1 aromatic rings. The van der Waals surface area contributed by atoms with Crippen LogP contribution in [0.4, 0.5) is 5.69 Å². The van der Waals surface area contributed by atoms with Gasteiger partial charge in [0.1, 0.15) is 0 Å². The van der Waals surface area contributed by atoms with Gasteiger partial charge in [0.15, 0.2) is 0 Å². The van der Waals surface area contributed by atoms with Crippen LogP contribution < -0.4 is 10.6 Å². The Morgan fingerprint density at radius 3 is 2.72 bits per heavy atom. The van der Waals surface area contributed by atoms with Gasteiger partial charge in [-0.3, -0.25) is 9.59 Å². The number of rotatable bonds is 3. The minimum atomic E-state index is -0.397. The minimum absolute atomic E-state index is 0.0280. The van der Waals surface area contributed by atoms with Crippen LogP contribution in [0, 0.1) is 5.92 Å². The molecular formula is C14H18N2O2. The highest BCUT2D eigenvalue weighted by Crippen LogP contribution is 2.27. The monoisotopic (exact) mass is 246 g/mol. The van der Waals surface area contributed by atoms with Crippen molar-refractivity contribution in [3.8, 4) is 0 Å². The SMILES string of the molecule is CC(C)c1cccc(N2CC(C(N)=O)CC2=O)c1. The Hall–Kier alpha value is -1.84. The third-order valence-electron chi connectivity index (χ3n) is 3.38. The fourth-order valence-electron chi connectivity index (χ4n) is 2.20. The van der Waals surface area contributed by atoms with E-state index >= 15 is 0 Å². The maximum absolute atomic E-state index is 11.9. The van der Waals surface area contributed by atoms with Gasteiger partial charge in [0.25, 0.3) is 0 Å². The molecule has 2 N–H and O–H groups in total. The Kier molecular flexibility index (Phi) is 3.36. The van der Waals surface area contributed by atoms with Crippen LogP contribution in [0.1, 0.15) is 31.7 Å². The maximum Gasteiger partial charge on any atom is 0.227 e. The molecule has 2 amide bonds. The van der Waals surface area contributed by atoms with Crippen molar-refractivity contribution in [1.29, 1.82) is 0 Å². The molecule has 4 heteroatoms. The Morgan fingerprint density at radius 1 is 1.44 bits per heavy atom. The summed E-state index contributed by atoms with van der Waals surface area (Å²) in [7, 11) is 0. The largest absolute Gasteiger partial charge is 0.369 e. The number of carbonyl (C=O) groups excluding carboxylic acids is 2. The van der Waals surface area contributed by atoms with Crippen LogP contribution in [0.25, 0.3) is 0 Å². The number of hydrogen-bond acceptors (Lipinski definition) is 2. The molecule has 0 aliphatic carbocycles. The van der Waals surface area contributed by atoms with Gasteiger partial charge in [0, 0.05) is 18.7 Å². The molecule has 1 unspecified atom stereocenters. The molecule has 0 spiro atoms. The van der Waals surface area contributed by atoms with Gasteiger partial charge in [0.05, 0.1) is 5.92 Å². The fourth-order valence-corrected chi connectivity index (χ4v) is 2.20. The van der Waals surface area contributed by atoms with Crippen molar-refractivity contribution in [2.45, 2.75) is 26.2 Å². The lowest BCUT2D eigenvalue weighted by Crippen LogP contribution is -2.28. The van der Waals surface area contributed by atoms with E-state index < -0.39 is 5.91 Å². The van der Waals surface area contributed by atoms with Crippen LogP contribution in [0.3, 0.4) is 0 Å². The van der Waals surface area contributed by atoms with Gasteiger partial charge >= 0.3 is 0 Å². The first-order valence-corrected chi connectivity index (χ1v) is 6.18. The zero-order valence-corrected chi connectivity index (χ0v) is 10.7. The number of nitrogens with two attached hydrogens (primary N) is 1. The summed E-state index contributed by atoms with van der Waals surface area (Å²) in [6, 6.07) is 7.88. The molecular weight excluding hydrogens is 228 g/mol. The van der Waals surface area contributed by atoms with Crippen molar-refractivity contribution in [1.82, 2.24) is 0 Å². The smallest absolute Gasteiger partial charge is 0.227 e. The fraction of sp³-hybridized carbons (Fsp3) is 0.429. The van der Waals surface area contributed by atoms with Crippen molar-refractivity contribution in [3.05, 3.63) is 29.8 Å². The average molecular weight is 246 g/mol. The molecule has 1 heterocycles. The molecule has 1 aliphatic rings. The summed E-state index contributed by atoms with van der Waals surface area (Å²) in [6.07, 6.45) is 0.223. The third kappa shape index (κ3) is 2.37. The summed E-state index contributed by atoms with van der Waals surface area (Å²) in [6.45, 7) is 4.62. The van der Waals surface area contributed by atoms with Crippen molar-refractivity contribution < 1.29 is 9.59 Å². The molecule has 0 aromatic heterocycles. The molecule has 1 aromatic carbocycles. The molecule has 18 heavy (non-hydrogen) atoms. The van der Waals surface area contributed by atoms with Crippen molar-refractivity contribution >= 4 is 17.5 Å². The molecule has 2 rings (SSSR count). The van der Waals surface area contributed by atoms with Gasteiger partial charge in [-0.1, -0.05) is 26.0 Å². The first-order chi connectivity index (χ1) is 8.49. The standard InChI is InChI=1S/C14H18N2O2/c1-9(2)10-4-3-5-12(6-10)16-8-11(14(15)18)7-13(16)17/h3-6,9,11H,7-8H2,1-2H3,(H2,15,18). The van der Waals surface area contributed by atoms with Crippen molar-refractivity contribution in [2.75, 3.05) is 11.4 Å². The van der Waals surface area contributed by atoms with Crippen LogP contribution in [-0.4, -0.2) is 18.4 Å². The lowest BCUT2D eigenvalue weighted by atomic mass is 10.0. The summed E-state index contributed by atoms with van der Waals surface area (Å²) in [5, 5.41) is 0. The van der Waals surface area contributed by atoms with Gasteiger partial charge in [-0.15, -0.1) is 0 Å². The highest BCUT2D eigenvalue weighted by Gasteiger charge is 2.33. The predicted octanol–water partition coefficient (Wildman–Crippen LogP) is 1.65. The van der Waals surface area contributed by atoms with Crippen LogP contribution in [0.5, 0.6) is 0 Å². The molecule has 1 aliphatic heterocycles. The Balaban J connectivity index is 2.24. The molecule has 1 saturated heterocycles. The Morgan fingerprint density at radius 2 is 2.17 bits per heavy atom. The summed E-state index contributed by atoms with van der Waals surface area (Å²) < 4.78 is 0. The molecule has 1 fully saturated rings. The van der Waals surface area contributed by atoms with Crippen molar-refractivity contribution in [3.63, 3.8) is 0 Å². The molecule has 1 atom stereocenters. The van der Waals surface area contributed by atoms with E-state index in [0.717, 1.165) is 5.69 Å². The zero-order valence-electron chi connectivity index (χ0n) is 10.7. The molecule has 0 bridgehead atoms. The van der Waals surface area contributed by atoms with E-state index in [9.17, 15) is 9.59 Å². The van der Waals surface area contributed by atoms with Crippen LogP contribution in [0.15, 0.2) is 24.3 Å². The van der Waals surface area contributed by atoms with Crippen LogP contribution in [0.2, 0.25) is 0 Å². The number of benzene rings is 1. The predicted molar refractivity (Wildman–Crippen MR) is 70.2 cm³/mol. The molecule has 0 saturated carbocycles. The first-order valence-electron chi connectivity index (χ1n) is 6.18. The summed E-state index contributed by atoms with van der Waals surface area (Å²) in [5.74, 6) is -0.375. The minimum Gasteiger partial charge on any atom is -0.369 e. The van der Waals surface area contributed by atoms with Gasteiger partial charge < -0.3 is 10.6 Å². The quantitative estimate of drug-likeness (QED) is 0.881. The van der Waals surface area contributed by atoms with E-state index in [0.29, 0.717) is 12.5 Å². The molecule has 96 valence electrons. The van der Waals surface area contributed by atoms with E-state index in [2.05, 4.69) is 13.8 Å². The van der Waals surface area contributed by atoms with Gasteiger partial charge in [-0.2, -0.15) is 0 Å². The van der Waals surface area contributed by atoms with E-state index in [4.69, 9.17) is 5.73 Å². The summed E-state index contributed by atoms with van der Waals surface area (Å²) >= 11 is 0. The van der Waals surface area contributed by atoms with E-state index in [-0.39, 0.29) is 18.2 Å². The lowest BCUT2D eigenvalue weighted by molar-refractivity contribution is -0.123. The Bertz CT molecular complexity index is 482. The lowest BCUT2D eigenvalue weighted by Gasteiger charge is -2.18. The van der Waals surface area contributed by atoms with Crippen LogP contribution >= 0.6 is 0 Å². The van der Waals surface area contributed by atoms with E-state index in [1.165, 1.54) is 5.56 Å². The second-order valence-corrected chi connectivity index (χ2v) is 5.06. The second-order valence-electron chi connectivity index (χ2n) is 5.06. The number of nitrogens with zero attached hydrogens (tertiary/aromatic N) is 1. The first kappa shape index (κ1) is 12.6. The number of primary amides is 1. The van der Waals surface area contributed by atoms with Gasteiger partial charge in [-0.05, 0) is 23.6 Å². The van der Waals surface area contributed by atoms with E-state index in [1.807, 2.05) is 24.3 Å². The van der Waals surface area contributed by atoms with Gasteiger partial charge in [-0.25, -0.2) is 0 Å². The normalized spacial score (nSPS) is 19.6. The summed E-state index contributed by atoms with van der Waals surface area (Å²) in [4.78, 5) is 24.7. The number of carbonyl (C=O) groups is 2. The maximum atomic E-state index is 11.9. The highest BCUT2D eigenvalue weighted by atomic mass is 16.2. The van der Waals surface area contributed by atoms with Gasteiger partial charge in [0.2, 0.25) is 11.8 Å². The molecule has 0 radical (unpaired) electrons. The number of anilines is 1. The number of amides is 2. The highest BCUT2D eigenvalue weighted by molar-refractivity contribution is 6.00. The summed E-state index contributed by atoms with van der Waals surface area (Å²) in [5.41, 5.74) is 7.30. The molecule has 4 nitrogen and oxygen atoms in total. The Labute approximate surface area is 107 Å². The second kappa shape index (κ2) is 4.80. The van der Waals surface area contributed by atoms with Crippen LogP contribution in [-0.2, 0) is 9.59 Å². The third-order valence-corrected chi connectivity index (χ3v) is 3.38. The number of hydrogen-bond donors (Lipinski definition) is 1.